The van der Waals surface area contributed by atoms with E-state index in [4.69, 9.17) is 27.3 Å². The zero-order chi connectivity index (χ0) is 15.4. The van der Waals surface area contributed by atoms with Gasteiger partial charge in [0.05, 0.1) is 5.56 Å². The van der Waals surface area contributed by atoms with E-state index >= 15 is 0 Å². The lowest BCUT2D eigenvalue weighted by atomic mass is 10.1. The Morgan fingerprint density at radius 3 is 2.67 bits per heavy atom. The van der Waals surface area contributed by atoms with Crippen molar-refractivity contribution in [1.29, 1.82) is 5.26 Å². The summed E-state index contributed by atoms with van der Waals surface area (Å²) in [6.07, 6.45) is 0. The van der Waals surface area contributed by atoms with Crippen LogP contribution in [0.2, 0.25) is 5.02 Å². The molecule has 0 aromatic heterocycles. The molecular formula is C15H10ClFN2O2. The highest BCUT2D eigenvalue weighted by atomic mass is 35.5. The molecule has 0 spiro atoms. The molecule has 21 heavy (non-hydrogen) atoms. The van der Waals surface area contributed by atoms with Crippen molar-refractivity contribution < 1.29 is 13.9 Å². The fourth-order valence-corrected chi connectivity index (χ4v) is 1.89. The fourth-order valence-electron chi connectivity index (χ4n) is 1.66. The van der Waals surface area contributed by atoms with Gasteiger partial charge in [-0.25, -0.2) is 4.39 Å². The van der Waals surface area contributed by atoms with Crippen molar-refractivity contribution in [2.45, 2.75) is 6.61 Å². The minimum Gasteiger partial charge on any atom is -0.489 e. The summed E-state index contributed by atoms with van der Waals surface area (Å²) < 4.78 is 18.8. The van der Waals surface area contributed by atoms with Crippen molar-refractivity contribution in [3.63, 3.8) is 0 Å². The van der Waals surface area contributed by atoms with Crippen LogP contribution in [-0.2, 0) is 6.61 Å². The maximum absolute atomic E-state index is 13.4. The zero-order valence-electron chi connectivity index (χ0n) is 10.8. The van der Waals surface area contributed by atoms with Crippen LogP contribution in [0.4, 0.5) is 4.39 Å². The van der Waals surface area contributed by atoms with Gasteiger partial charge in [-0.1, -0.05) is 17.7 Å². The number of benzene rings is 2. The highest BCUT2D eigenvalue weighted by molar-refractivity contribution is 6.31. The SMILES string of the molecule is N#Cc1ccc(OCc2ccc(C(N)=O)cc2Cl)cc1F. The van der Waals surface area contributed by atoms with Gasteiger partial charge in [0.2, 0.25) is 5.91 Å². The molecule has 0 unspecified atom stereocenters. The number of nitriles is 1. The maximum atomic E-state index is 13.4. The summed E-state index contributed by atoms with van der Waals surface area (Å²) in [5.74, 6) is -0.940. The molecule has 0 aliphatic rings. The molecule has 4 nitrogen and oxygen atoms in total. The molecule has 1 amide bonds. The second kappa shape index (κ2) is 6.25. The largest absolute Gasteiger partial charge is 0.489 e. The molecule has 0 fully saturated rings. The number of hydrogen-bond acceptors (Lipinski definition) is 3. The highest BCUT2D eigenvalue weighted by Gasteiger charge is 2.08. The molecule has 0 bridgehead atoms. The molecule has 0 heterocycles. The van der Waals surface area contributed by atoms with E-state index in [9.17, 15) is 9.18 Å². The molecule has 0 aliphatic heterocycles. The smallest absolute Gasteiger partial charge is 0.248 e. The van der Waals surface area contributed by atoms with E-state index in [1.54, 1.807) is 12.1 Å². The molecule has 0 saturated carbocycles. The molecule has 0 radical (unpaired) electrons. The lowest BCUT2D eigenvalue weighted by Crippen LogP contribution is -2.11. The van der Waals surface area contributed by atoms with Gasteiger partial charge < -0.3 is 10.5 Å². The van der Waals surface area contributed by atoms with Crippen LogP contribution in [0.3, 0.4) is 0 Å². The number of carbonyl (C=O) groups excluding carboxylic acids is 1. The predicted molar refractivity (Wildman–Crippen MR) is 75.4 cm³/mol. The van der Waals surface area contributed by atoms with Gasteiger partial charge in [-0.3, -0.25) is 4.79 Å². The van der Waals surface area contributed by atoms with Crippen LogP contribution in [0.5, 0.6) is 5.75 Å². The third kappa shape index (κ3) is 3.50. The number of ether oxygens (including phenoxy) is 1. The lowest BCUT2D eigenvalue weighted by molar-refractivity contribution is 0.1000. The molecule has 2 rings (SSSR count). The van der Waals surface area contributed by atoms with Crippen LogP contribution in [-0.4, -0.2) is 5.91 Å². The van der Waals surface area contributed by atoms with Crippen LogP contribution < -0.4 is 10.5 Å². The zero-order valence-corrected chi connectivity index (χ0v) is 11.5. The number of carbonyl (C=O) groups is 1. The van der Waals surface area contributed by atoms with E-state index in [-0.39, 0.29) is 17.9 Å². The number of amides is 1. The number of nitrogens with two attached hydrogens (primary N) is 1. The Morgan fingerprint density at radius 2 is 2.10 bits per heavy atom. The van der Waals surface area contributed by atoms with Crippen molar-refractivity contribution in [3.05, 3.63) is 63.9 Å². The Hall–Kier alpha value is -2.58. The summed E-state index contributed by atoms with van der Waals surface area (Å²) in [6, 6.07) is 10.3. The minimum absolute atomic E-state index is 0.0498. The molecule has 0 aliphatic carbocycles. The third-order valence-corrected chi connectivity index (χ3v) is 3.14. The predicted octanol–water partition coefficient (Wildman–Crippen LogP) is 3.03. The molecule has 0 saturated heterocycles. The van der Waals surface area contributed by atoms with Gasteiger partial charge in [0.1, 0.15) is 24.2 Å². The second-order valence-corrected chi connectivity index (χ2v) is 4.62. The van der Waals surface area contributed by atoms with Crippen molar-refractivity contribution in [2.24, 2.45) is 5.73 Å². The van der Waals surface area contributed by atoms with Crippen LogP contribution >= 0.6 is 11.6 Å². The van der Waals surface area contributed by atoms with Crippen molar-refractivity contribution in [2.75, 3.05) is 0 Å². The number of primary amides is 1. The summed E-state index contributed by atoms with van der Waals surface area (Å²) in [5, 5.41) is 8.97. The first-order valence-corrected chi connectivity index (χ1v) is 6.29. The van der Waals surface area contributed by atoms with E-state index in [2.05, 4.69) is 0 Å². The van der Waals surface area contributed by atoms with Gasteiger partial charge in [-0.05, 0) is 24.3 Å². The van der Waals surface area contributed by atoms with E-state index in [1.807, 2.05) is 0 Å². The highest BCUT2D eigenvalue weighted by Crippen LogP contribution is 2.21. The summed E-state index contributed by atoms with van der Waals surface area (Å²) in [7, 11) is 0. The molecule has 0 atom stereocenters. The van der Waals surface area contributed by atoms with Gasteiger partial charge in [0.25, 0.3) is 0 Å². The maximum Gasteiger partial charge on any atom is 0.248 e. The summed E-state index contributed by atoms with van der Waals surface area (Å²) >= 11 is 6.01. The van der Waals surface area contributed by atoms with Gasteiger partial charge in [0, 0.05) is 22.2 Å². The molecule has 6 heteroatoms. The van der Waals surface area contributed by atoms with E-state index in [1.165, 1.54) is 24.3 Å². The Morgan fingerprint density at radius 1 is 1.33 bits per heavy atom. The Bertz CT molecular complexity index is 741. The van der Waals surface area contributed by atoms with Crippen molar-refractivity contribution in [1.82, 2.24) is 0 Å². The Kier molecular flexibility index (Phi) is 4.41. The summed E-state index contributed by atoms with van der Waals surface area (Å²) in [4.78, 5) is 11.0. The minimum atomic E-state index is -0.648. The Balaban J connectivity index is 2.11. The first-order chi connectivity index (χ1) is 10.0. The molecule has 2 aromatic rings. The standard InChI is InChI=1S/C15H10ClFN2O2/c16-13-5-9(15(19)20)1-2-11(13)8-21-12-4-3-10(7-18)14(17)6-12/h1-6H,8H2,(H2,19,20). The van der Waals surface area contributed by atoms with Gasteiger partial charge >= 0.3 is 0 Å². The van der Waals surface area contributed by atoms with Crippen molar-refractivity contribution in [3.8, 4) is 11.8 Å². The third-order valence-electron chi connectivity index (χ3n) is 2.79. The first kappa shape index (κ1) is 14.8. The number of nitrogens with zero attached hydrogens (tertiary/aromatic N) is 1. The fraction of sp³-hybridized carbons (Fsp3) is 0.0667. The lowest BCUT2D eigenvalue weighted by Gasteiger charge is -2.09. The monoisotopic (exact) mass is 304 g/mol. The normalized spacial score (nSPS) is 9.95. The van der Waals surface area contributed by atoms with E-state index in [0.29, 0.717) is 16.1 Å². The van der Waals surface area contributed by atoms with E-state index < -0.39 is 11.7 Å². The summed E-state index contributed by atoms with van der Waals surface area (Å²) in [5.41, 5.74) is 6.03. The molecule has 2 aromatic carbocycles. The summed E-state index contributed by atoms with van der Waals surface area (Å²) in [6.45, 7) is 0.100. The average Bonchev–Trinajstić information content (AvgIpc) is 2.46. The van der Waals surface area contributed by atoms with E-state index in [0.717, 1.165) is 6.07 Å². The van der Waals surface area contributed by atoms with Crippen LogP contribution in [0.1, 0.15) is 21.5 Å². The average molecular weight is 305 g/mol. The molecular weight excluding hydrogens is 295 g/mol. The molecule has 2 N–H and O–H groups in total. The number of hydrogen-bond donors (Lipinski definition) is 1. The van der Waals surface area contributed by atoms with Crippen LogP contribution in [0.25, 0.3) is 0 Å². The van der Waals surface area contributed by atoms with Crippen molar-refractivity contribution >= 4 is 17.5 Å². The quantitative estimate of drug-likeness (QED) is 0.943. The number of halogens is 2. The topological polar surface area (TPSA) is 76.1 Å². The van der Waals surface area contributed by atoms with Crippen LogP contribution in [0, 0.1) is 17.1 Å². The first-order valence-electron chi connectivity index (χ1n) is 5.92. The second-order valence-electron chi connectivity index (χ2n) is 4.21. The molecule has 106 valence electrons. The number of rotatable bonds is 4. The van der Waals surface area contributed by atoms with Gasteiger partial charge in [-0.15, -0.1) is 0 Å². The van der Waals surface area contributed by atoms with Gasteiger partial charge in [-0.2, -0.15) is 5.26 Å². The van der Waals surface area contributed by atoms with Crippen LogP contribution in [0.15, 0.2) is 36.4 Å². The van der Waals surface area contributed by atoms with Gasteiger partial charge in [0.15, 0.2) is 0 Å². The Labute approximate surface area is 125 Å².